The fourth-order valence-corrected chi connectivity index (χ4v) is 4.37. The van der Waals surface area contributed by atoms with Crippen molar-refractivity contribution in [2.45, 2.75) is 6.54 Å². The van der Waals surface area contributed by atoms with Gasteiger partial charge in [-0.1, -0.05) is 30.3 Å². The number of fused-ring (bicyclic) bond motifs is 4. The van der Waals surface area contributed by atoms with Gasteiger partial charge in [-0.2, -0.15) is 5.10 Å². The van der Waals surface area contributed by atoms with Gasteiger partial charge in [0.15, 0.2) is 16.2 Å². The number of rotatable bonds is 4. The topological polar surface area (TPSA) is 73.6 Å². The Hall–Kier alpha value is -4.04. The first-order chi connectivity index (χ1) is 15.7. The fourth-order valence-electron chi connectivity index (χ4n) is 4.12. The van der Waals surface area contributed by atoms with E-state index in [-0.39, 0.29) is 0 Å². The second kappa shape index (κ2) is 7.28. The average molecular weight is 439 g/mol. The minimum atomic E-state index is 0.482. The summed E-state index contributed by atoms with van der Waals surface area (Å²) in [6.45, 7) is 0.482. The van der Waals surface area contributed by atoms with Crippen LogP contribution in [0.25, 0.3) is 38.8 Å². The average Bonchev–Trinajstić information content (AvgIpc) is 3.35. The fraction of sp³-hybridized carbons (Fsp3) is 0.0833. The van der Waals surface area contributed by atoms with E-state index in [0.717, 1.165) is 50.4 Å². The standard InChI is InChI=1S/C24H18N6OS/c1-31-16-12-10-15(11-13-16)30-21(27-28-24(30)32)14-29-20-9-5-2-6-17(20)22-23(29)26-19-8-4-3-7-18(19)25-22/h2-13H,14H2,1H3,(H,28,32). The van der Waals surface area contributed by atoms with Crippen LogP contribution < -0.4 is 4.74 Å². The molecule has 0 fully saturated rings. The lowest BCUT2D eigenvalue weighted by molar-refractivity contribution is 0.414. The Morgan fingerprint density at radius 3 is 2.41 bits per heavy atom. The summed E-state index contributed by atoms with van der Waals surface area (Å²) in [7, 11) is 1.65. The lowest BCUT2D eigenvalue weighted by Crippen LogP contribution is -2.08. The van der Waals surface area contributed by atoms with Gasteiger partial charge in [0.1, 0.15) is 11.3 Å². The van der Waals surface area contributed by atoms with Crippen LogP contribution in [0, 0.1) is 4.77 Å². The van der Waals surface area contributed by atoms with Crippen LogP contribution in [0.2, 0.25) is 0 Å². The van der Waals surface area contributed by atoms with Crippen molar-refractivity contribution in [3.05, 3.63) is 83.4 Å². The summed E-state index contributed by atoms with van der Waals surface area (Å²) in [5.41, 5.74) is 5.40. The zero-order valence-electron chi connectivity index (χ0n) is 17.2. The van der Waals surface area contributed by atoms with Gasteiger partial charge in [-0.05, 0) is 54.7 Å². The van der Waals surface area contributed by atoms with E-state index in [2.05, 4.69) is 26.9 Å². The van der Waals surface area contributed by atoms with Crippen LogP contribution in [0.4, 0.5) is 0 Å². The van der Waals surface area contributed by atoms with Gasteiger partial charge >= 0.3 is 0 Å². The van der Waals surface area contributed by atoms with Gasteiger partial charge < -0.3 is 9.30 Å². The van der Waals surface area contributed by atoms with Crippen LogP contribution in [0.5, 0.6) is 5.75 Å². The van der Waals surface area contributed by atoms with E-state index in [9.17, 15) is 0 Å². The monoisotopic (exact) mass is 438 g/mol. The van der Waals surface area contributed by atoms with Gasteiger partial charge in [-0.15, -0.1) is 0 Å². The number of aromatic nitrogens is 6. The Balaban J connectivity index is 1.56. The molecule has 0 spiro atoms. The highest BCUT2D eigenvalue weighted by Crippen LogP contribution is 2.29. The van der Waals surface area contributed by atoms with E-state index in [0.29, 0.717) is 11.3 Å². The number of benzene rings is 3. The summed E-state index contributed by atoms with van der Waals surface area (Å²) in [6.07, 6.45) is 0. The molecule has 6 rings (SSSR count). The Morgan fingerprint density at radius 2 is 1.62 bits per heavy atom. The number of H-pyrrole nitrogens is 1. The number of hydrogen-bond donors (Lipinski definition) is 1. The molecule has 156 valence electrons. The molecule has 0 unspecified atom stereocenters. The molecule has 0 radical (unpaired) electrons. The number of hydrogen-bond acceptors (Lipinski definition) is 5. The van der Waals surface area contributed by atoms with Crippen molar-refractivity contribution in [3.63, 3.8) is 0 Å². The van der Waals surface area contributed by atoms with Gasteiger partial charge in [0.25, 0.3) is 0 Å². The predicted octanol–water partition coefficient (Wildman–Crippen LogP) is 5.04. The van der Waals surface area contributed by atoms with Gasteiger partial charge in [-0.3, -0.25) is 9.67 Å². The van der Waals surface area contributed by atoms with E-state index >= 15 is 0 Å². The molecule has 0 saturated heterocycles. The summed E-state index contributed by atoms with van der Waals surface area (Å²) < 4.78 is 9.90. The molecule has 0 aliphatic carbocycles. The van der Waals surface area contributed by atoms with Crippen LogP contribution >= 0.6 is 12.2 Å². The molecule has 0 bridgehead atoms. The Bertz CT molecular complexity index is 1660. The molecule has 3 aromatic carbocycles. The molecule has 0 saturated carbocycles. The molecule has 3 heterocycles. The van der Waals surface area contributed by atoms with Gasteiger partial charge in [0, 0.05) is 11.1 Å². The van der Waals surface area contributed by atoms with Crippen LogP contribution in [-0.2, 0) is 6.54 Å². The van der Waals surface area contributed by atoms with Crippen molar-refractivity contribution in [3.8, 4) is 11.4 Å². The maximum Gasteiger partial charge on any atom is 0.199 e. The minimum Gasteiger partial charge on any atom is -0.497 e. The quantitative estimate of drug-likeness (QED) is 0.391. The van der Waals surface area contributed by atoms with E-state index in [1.807, 2.05) is 65.2 Å². The number of ether oxygens (including phenoxy) is 1. The van der Waals surface area contributed by atoms with Gasteiger partial charge in [0.2, 0.25) is 0 Å². The lowest BCUT2D eigenvalue weighted by Gasteiger charge is -2.10. The first-order valence-corrected chi connectivity index (χ1v) is 10.6. The third-order valence-electron chi connectivity index (χ3n) is 5.63. The molecule has 8 heteroatoms. The molecule has 0 atom stereocenters. The summed E-state index contributed by atoms with van der Waals surface area (Å²) in [5.74, 6) is 1.56. The van der Waals surface area contributed by atoms with Crippen molar-refractivity contribution in [1.29, 1.82) is 0 Å². The van der Waals surface area contributed by atoms with Crippen LogP contribution in [-0.4, -0.2) is 36.4 Å². The van der Waals surface area contributed by atoms with Crippen molar-refractivity contribution >= 4 is 45.3 Å². The maximum absolute atomic E-state index is 5.54. The molecular formula is C24H18N6OS. The number of methoxy groups -OCH3 is 1. The highest BCUT2D eigenvalue weighted by atomic mass is 32.1. The van der Waals surface area contributed by atoms with Crippen molar-refractivity contribution in [2.24, 2.45) is 0 Å². The molecule has 0 amide bonds. The third kappa shape index (κ3) is 2.88. The molecule has 1 N–H and O–H groups in total. The molecule has 7 nitrogen and oxygen atoms in total. The first-order valence-electron chi connectivity index (χ1n) is 10.2. The van der Waals surface area contributed by atoms with E-state index in [1.54, 1.807) is 7.11 Å². The summed E-state index contributed by atoms with van der Waals surface area (Å²) in [5, 5.41) is 8.53. The second-order valence-electron chi connectivity index (χ2n) is 7.47. The summed E-state index contributed by atoms with van der Waals surface area (Å²) in [6, 6.07) is 23.9. The van der Waals surface area contributed by atoms with Gasteiger partial charge in [0.05, 0.1) is 30.2 Å². The van der Waals surface area contributed by atoms with Crippen LogP contribution in [0.1, 0.15) is 5.82 Å². The van der Waals surface area contributed by atoms with Crippen molar-refractivity contribution in [1.82, 2.24) is 29.3 Å². The highest BCUT2D eigenvalue weighted by molar-refractivity contribution is 7.71. The summed E-state index contributed by atoms with van der Waals surface area (Å²) >= 11 is 5.54. The zero-order chi connectivity index (χ0) is 21.7. The second-order valence-corrected chi connectivity index (χ2v) is 7.85. The number of nitrogens with one attached hydrogen (secondary N) is 1. The van der Waals surface area contributed by atoms with Crippen molar-refractivity contribution < 1.29 is 4.74 Å². The Kier molecular flexibility index (Phi) is 4.26. The van der Waals surface area contributed by atoms with Crippen LogP contribution in [0.3, 0.4) is 0 Å². The molecule has 0 aliphatic rings. The Labute approximate surface area is 187 Å². The van der Waals surface area contributed by atoms with Crippen molar-refractivity contribution in [2.75, 3.05) is 7.11 Å². The Morgan fingerprint density at radius 1 is 0.906 bits per heavy atom. The molecule has 3 aromatic heterocycles. The lowest BCUT2D eigenvalue weighted by atomic mass is 10.2. The minimum absolute atomic E-state index is 0.482. The summed E-state index contributed by atoms with van der Waals surface area (Å²) in [4.78, 5) is 9.87. The van der Waals surface area contributed by atoms with E-state index < -0.39 is 0 Å². The number of para-hydroxylation sites is 3. The highest BCUT2D eigenvalue weighted by Gasteiger charge is 2.17. The smallest absolute Gasteiger partial charge is 0.199 e. The maximum atomic E-state index is 5.54. The van der Waals surface area contributed by atoms with E-state index in [4.69, 9.17) is 26.9 Å². The third-order valence-corrected chi connectivity index (χ3v) is 5.90. The molecule has 6 aromatic rings. The van der Waals surface area contributed by atoms with Gasteiger partial charge in [-0.25, -0.2) is 9.97 Å². The van der Waals surface area contributed by atoms with Crippen LogP contribution in [0.15, 0.2) is 72.8 Å². The normalized spacial score (nSPS) is 11.5. The number of nitrogens with zero attached hydrogens (tertiary/aromatic N) is 5. The molecule has 32 heavy (non-hydrogen) atoms. The largest absolute Gasteiger partial charge is 0.497 e. The number of aromatic amines is 1. The SMILES string of the molecule is COc1ccc(-n2c(Cn3c4ccccc4c4nc5ccccc5nc43)n[nH]c2=S)cc1. The zero-order valence-corrected chi connectivity index (χ0v) is 18.0. The predicted molar refractivity (Wildman–Crippen MR) is 127 cm³/mol. The molecular weight excluding hydrogens is 420 g/mol. The van der Waals surface area contributed by atoms with E-state index in [1.165, 1.54) is 0 Å². The molecule has 0 aliphatic heterocycles. The first kappa shape index (κ1) is 18.7.